The van der Waals surface area contributed by atoms with Gasteiger partial charge >= 0.3 is 11.6 Å². The molecule has 1 amide bonds. The Bertz CT molecular complexity index is 750. The second-order valence-corrected chi connectivity index (χ2v) is 5.48. The van der Waals surface area contributed by atoms with Crippen molar-refractivity contribution in [2.24, 2.45) is 0 Å². The van der Waals surface area contributed by atoms with Gasteiger partial charge in [0.1, 0.15) is 11.7 Å². The molecular weight excluding hydrogens is 290 g/mol. The number of rotatable bonds is 4. The van der Waals surface area contributed by atoms with Crippen molar-refractivity contribution >= 4 is 11.6 Å². The van der Waals surface area contributed by atoms with E-state index in [2.05, 4.69) is 4.79 Å². The Hall–Kier alpha value is -2.91. The van der Waals surface area contributed by atoms with E-state index in [0.717, 1.165) is 16.9 Å². The fraction of sp³-hybridized carbons (Fsp3) is 0.222. The van der Waals surface area contributed by atoms with Crippen LogP contribution < -0.4 is 4.74 Å². The van der Waals surface area contributed by atoms with E-state index in [1.165, 1.54) is 0 Å². The number of benzene rings is 2. The van der Waals surface area contributed by atoms with Crippen LogP contribution in [0.1, 0.15) is 17.0 Å². The van der Waals surface area contributed by atoms with Crippen LogP contribution in [-0.2, 0) is 11.3 Å². The van der Waals surface area contributed by atoms with Crippen LogP contribution in [0, 0.1) is 0 Å². The normalized spacial score (nSPS) is 17.3. The average Bonchev–Trinajstić information content (AvgIpc) is 2.92. The molecule has 5 heteroatoms. The zero-order valence-electron chi connectivity index (χ0n) is 12.8. The summed E-state index contributed by atoms with van der Waals surface area (Å²) in [5.74, 6) is 0.352. The summed E-state index contributed by atoms with van der Waals surface area (Å²) in [4.78, 5) is 17.4. The molecule has 1 unspecified atom stereocenters. The lowest BCUT2D eigenvalue weighted by molar-refractivity contribution is -0.126. The van der Waals surface area contributed by atoms with E-state index in [1.54, 1.807) is 12.0 Å². The molecule has 1 aliphatic rings. The van der Waals surface area contributed by atoms with Crippen LogP contribution in [0.5, 0.6) is 5.75 Å². The Morgan fingerprint density at radius 2 is 1.87 bits per heavy atom. The summed E-state index contributed by atoms with van der Waals surface area (Å²) < 4.78 is 5.14. The number of hydrogen-bond donors (Lipinski definition) is 0. The summed E-state index contributed by atoms with van der Waals surface area (Å²) in [5.41, 5.74) is 11.4. The Morgan fingerprint density at radius 3 is 2.48 bits per heavy atom. The van der Waals surface area contributed by atoms with E-state index < -0.39 is 0 Å². The van der Waals surface area contributed by atoms with Gasteiger partial charge < -0.3 is 15.2 Å². The zero-order chi connectivity index (χ0) is 16.2. The molecule has 5 nitrogen and oxygen atoms in total. The van der Waals surface area contributed by atoms with Crippen LogP contribution in [0.4, 0.5) is 0 Å². The molecule has 0 N–H and O–H groups in total. The summed E-state index contributed by atoms with van der Waals surface area (Å²) in [7, 11) is 1.62. The maximum absolute atomic E-state index is 12.5. The minimum atomic E-state index is -0.225. The van der Waals surface area contributed by atoms with Crippen molar-refractivity contribution < 1.29 is 14.3 Å². The van der Waals surface area contributed by atoms with Crippen LogP contribution in [-0.4, -0.2) is 35.0 Å². The second kappa shape index (κ2) is 6.46. The third kappa shape index (κ3) is 3.00. The van der Waals surface area contributed by atoms with E-state index in [-0.39, 0.29) is 17.5 Å². The number of amides is 1. The van der Waals surface area contributed by atoms with Gasteiger partial charge in [0, 0.05) is 13.1 Å². The lowest BCUT2D eigenvalue weighted by atomic mass is 9.97. The minimum absolute atomic E-state index is 0.199. The fourth-order valence-electron chi connectivity index (χ4n) is 2.85. The number of ether oxygens (including phenoxy) is 1. The maximum atomic E-state index is 12.5. The molecular formula is C18H17N3O2. The van der Waals surface area contributed by atoms with Crippen LogP contribution in [0.15, 0.2) is 54.6 Å². The molecule has 1 atom stereocenters. The number of nitrogens with zero attached hydrogens (tertiary/aromatic N) is 3. The van der Waals surface area contributed by atoms with Gasteiger partial charge in [-0.05, 0) is 23.3 Å². The van der Waals surface area contributed by atoms with Crippen molar-refractivity contribution in [2.75, 3.05) is 13.7 Å². The molecule has 0 spiro atoms. The first kappa shape index (κ1) is 15.0. The second-order valence-electron chi connectivity index (χ2n) is 5.48. The number of methoxy groups -OCH3 is 1. The van der Waals surface area contributed by atoms with Gasteiger partial charge in [0.2, 0.25) is 0 Å². The van der Waals surface area contributed by atoms with E-state index in [0.29, 0.717) is 13.1 Å². The van der Waals surface area contributed by atoms with Crippen LogP contribution >= 0.6 is 0 Å². The summed E-state index contributed by atoms with van der Waals surface area (Å²) in [6.07, 6.45) is 0. The molecule has 3 rings (SSSR count). The average molecular weight is 307 g/mol. The summed E-state index contributed by atoms with van der Waals surface area (Å²) >= 11 is 0. The molecule has 0 aliphatic carbocycles. The molecule has 1 fully saturated rings. The van der Waals surface area contributed by atoms with Crippen molar-refractivity contribution in [1.29, 1.82) is 0 Å². The van der Waals surface area contributed by atoms with E-state index in [9.17, 15) is 10.3 Å². The predicted molar refractivity (Wildman–Crippen MR) is 86.2 cm³/mol. The molecule has 2 aromatic carbocycles. The highest BCUT2D eigenvalue weighted by molar-refractivity contribution is 6.40. The Kier molecular flexibility index (Phi) is 4.22. The largest absolute Gasteiger partial charge is 0.497 e. The number of likely N-dealkylation sites (tertiary alicyclic amines) is 1. The highest BCUT2D eigenvalue weighted by Gasteiger charge is 2.44. The summed E-state index contributed by atoms with van der Waals surface area (Å²) in [5, 5.41) is 0. The van der Waals surface area contributed by atoms with Crippen molar-refractivity contribution in [2.45, 2.75) is 12.5 Å². The summed E-state index contributed by atoms with van der Waals surface area (Å²) in [6.45, 7) is 0.986. The first-order chi connectivity index (χ1) is 11.2. The predicted octanol–water partition coefficient (Wildman–Crippen LogP) is 2.49. The first-order valence-corrected chi connectivity index (χ1v) is 7.42. The van der Waals surface area contributed by atoms with Crippen molar-refractivity contribution in [3.63, 3.8) is 0 Å². The van der Waals surface area contributed by atoms with Gasteiger partial charge in [0.15, 0.2) is 0 Å². The number of carbonyl (C=O) groups is 1. The van der Waals surface area contributed by atoms with E-state index in [1.807, 2.05) is 54.6 Å². The molecule has 23 heavy (non-hydrogen) atoms. The SMILES string of the molecule is COc1ccc(CN2CC(c3ccccc3)C(=[N+]=[N-])C2=O)cc1. The molecule has 0 radical (unpaired) electrons. The lowest BCUT2D eigenvalue weighted by Crippen LogP contribution is -2.27. The van der Waals surface area contributed by atoms with Gasteiger partial charge in [-0.25, -0.2) is 0 Å². The molecule has 116 valence electrons. The quantitative estimate of drug-likeness (QED) is 0.643. The summed E-state index contributed by atoms with van der Waals surface area (Å²) in [6, 6.07) is 17.2. The molecule has 0 bridgehead atoms. The van der Waals surface area contributed by atoms with Crippen LogP contribution in [0.3, 0.4) is 0 Å². The Labute approximate surface area is 134 Å². The van der Waals surface area contributed by atoms with Crippen molar-refractivity contribution in [3.05, 3.63) is 71.3 Å². The molecule has 0 aromatic heterocycles. The molecule has 1 saturated heterocycles. The molecule has 2 aromatic rings. The maximum Gasteiger partial charge on any atom is 0.365 e. The highest BCUT2D eigenvalue weighted by atomic mass is 16.5. The third-order valence-corrected chi connectivity index (χ3v) is 4.08. The van der Waals surface area contributed by atoms with Gasteiger partial charge in [-0.1, -0.05) is 42.5 Å². The van der Waals surface area contributed by atoms with Gasteiger partial charge in [-0.2, -0.15) is 4.79 Å². The Morgan fingerprint density at radius 1 is 1.17 bits per heavy atom. The van der Waals surface area contributed by atoms with Gasteiger partial charge in [-0.3, -0.25) is 4.79 Å². The standard InChI is InChI=1S/C18H17N3O2/c1-23-15-9-7-13(8-10-15)11-21-12-16(17(20-19)18(21)22)14-5-3-2-4-6-14/h2-10,16H,11-12H2,1H3. The smallest absolute Gasteiger partial charge is 0.365 e. The number of carbonyl (C=O) groups excluding carboxylic acids is 1. The van der Waals surface area contributed by atoms with Crippen LogP contribution in [0.25, 0.3) is 5.53 Å². The third-order valence-electron chi connectivity index (χ3n) is 4.08. The van der Waals surface area contributed by atoms with Gasteiger partial charge in [0.25, 0.3) is 0 Å². The fourth-order valence-corrected chi connectivity index (χ4v) is 2.85. The topological polar surface area (TPSA) is 65.9 Å². The van der Waals surface area contributed by atoms with Crippen molar-refractivity contribution in [3.8, 4) is 5.75 Å². The van der Waals surface area contributed by atoms with Crippen molar-refractivity contribution in [1.82, 2.24) is 4.90 Å². The Balaban J connectivity index is 1.81. The molecule has 1 heterocycles. The monoisotopic (exact) mass is 307 g/mol. The minimum Gasteiger partial charge on any atom is -0.497 e. The van der Waals surface area contributed by atoms with Gasteiger partial charge in [-0.15, -0.1) is 0 Å². The zero-order valence-corrected chi connectivity index (χ0v) is 12.8. The van der Waals surface area contributed by atoms with E-state index in [4.69, 9.17) is 4.74 Å². The van der Waals surface area contributed by atoms with Crippen LogP contribution in [0.2, 0.25) is 0 Å². The molecule has 0 saturated carbocycles. The number of hydrogen-bond acceptors (Lipinski definition) is 2. The molecule has 1 aliphatic heterocycles. The van der Waals surface area contributed by atoms with Gasteiger partial charge in [0.05, 0.1) is 7.11 Å². The highest BCUT2D eigenvalue weighted by Crippen LogP contribution is 2.26. The van der Waals surface area contributed by atoms with E-state index >= 15 is 0 Å². The lowest BCUT2D eigenvalue weighted by Gasteiger charge is -2.15. The first-order valence-electron chi connectivity index (χ1n) is 7.42.